The number of hydrogen-bond donors (Lipinski definition) is 2. The second kappa shape index (κ2) is 5.88. The highest BCUT2D eigenvalue weighted by molar-refractivity contribution is 6.03. The molecule has 1 fully saturated rings. The van der Waals surface area contributed by atoms with Crippen molar-refractivity contribution in [2.45, 2.75) is 32.8 Å². The maximum atomic E-state index is 12.0. The molecule has 0 aromatic carbocycles. The van der Waals surface area contributed by atoms with Gasteiger partial charge in [0.05, 0.1) is 12.3 Å². The van der Waals surface area contributed by atoms with Gasteiger partial charge in [-0.25, -0.2) is 4.79 Å². The SMILES string of the molecule is CCOC(=O)c1c(NC(=O)C2CCCO2)c[nH]c1C. The summed E-state index contributed by atoms with van der Waals surface area (Å²) in [5.74, 6) is -0.661. The van der Waals surface area contributed by atoms with Crippen molar-refractivity contribution in [2.24, 2.45) is 0 Å². The van der Waals surface area contributed by atoms with E-state index in [4.69, 9.17) is 9.47 Å². The van der Waals surface area contributed by atoms with E-state index >= 15 is 0 Å². The number of anilines is 1. The van der Waals surface area contributed by atoms with E-state index in [0.717, 1.165) is 6.42 Å². The zero-order chi connectivity index (χ0) is 13.8. The van der Waals surface area contributed by atoms with Gasteiger partial charge < -0.3 is 19.8 Å². The van der Waals surface area contributed by atoms with Crippen molar-refractivity contribution in [3.63, 3.8) is 0 Å². The number of carbonyl (C=O) groups excluding carboxylic acids is 2. The van der Waals surface area contributed by atoms with Crippen molar-refractivity contribution in [1.82, 2.24) is 4.98 Å². The van der Waals surface area contributed by atoms with Crippen LogP contribution in [0.15, 0.2) is 6.20 Å². The Morgan fingerprint density at radius 3 is 3.00 bits per heavy atom. The lowest BCUT2D eigenvalue weighted by Crippen LogP contribution is -2.27. The highest BCUT2D eigenvalue weighted by Gasteiger charge is 2.26. The molecule has 0 aliphatic carbocycles. The molecule has 1 aliphatic heterocycles. The van der Waals surface area contributed by atoms with E-state index in [1.165, 1.54) is 0 Å². The summed E-state index contributed by atoms with van der Waals surface area (Å²) in [5, 5.41) is 2.72. The van der Waals surface area contributed by atoms with Crippen LogP contribution in [0.25, 0.3) is 0 Å². The predicted octanol–water partition coefficient (Wildman–Crippen LogP) is 1.62. The molecule has 104 valence electrons. The molecule has 6 nitrogen and oxygen atoms in total. The normalized spacial score (nSPS) is 18.3. The van der Waals surface area contributed by atoms with Crippen LogP contribution in [0.5, 0.6) is 0 Å². The fraction of sp³-hybridized carbons (Fsp3) is 0.538. The quantitative estimate of drug-likeness (QED) is 0.811. The predicted molar refractivity (Wildman–Crippen MR) is 69.1 cm³/mol. The Morgan fingerprint density at radius 2 is 2.37 bits per heavy atom. The zero-order valence-electron chi connectivity index (χ0n) is 11.1. The maximum Gasteiger partial charge on any atom is 0.342 e. The molecule has 1 aromatic rings. The molecule has 2 rings (SSSR count). The zero-order valence-corrected chi connectivity index (χ0v) is 11.1. The highest BCUT2D eigenvalue weighted by Crippen LogP contribution is 2.22. The van der Waals surface area contributed by atoms with Crippen LogP contribution in [-0.4, -0.2) is 36.2 Å². The number of amides is 1. The van der Waals surface area contributed by atoms with Crippen molar-refractivity contribution < 1.29 is 19.1 Å². The van der Waals surface area contributed by atoms with E-state index in [0.29, 0.717) is 36.6 Å². The Balaban J connectivity index is 2.11. The average Bonchev–Trinajstić information content (AvgIpc) is 2.99. The summed E-state index contributed by atoms with van der Waals surface area (Å²) < 4.78 is 10.3. The molecule has 1 unspecified atom stereocenters. The molecule has 2 N–H and O–H groups in total. The molecule has 1 aliphatic rings. The average molecular weight is 266 g/mol. The van der Waals surface area contributed by atoms with Crippen LogP contribution in [-0.2, 0) is 14.3 Å². The summed E-state index contributed by atoms with van der Waals surface area (Å²) in [4.78, 5) is 26.7. The molecule has 2 heterocycles. The van der Waals surface area contributed by atoms with Gasteiger partial charge in [-0.15, -0.1) is 0 Å². The fourth-order valence-electron chi connectivity index (χ4n) is 2.09. The largest absolute Gasteiger partial charge is 0.462 e. The first-order valence-corrected chi connectivity index (χ1v) is 6.41. The number of H-pyrrole nitrogens is 1. The number of ether oxygens (including phenoxy) is 2. The van der Waals surface area contributed by atoms with E-state index < -0.39 is 12.1 Å². The minimum absolute atomic E-state index is 0.220. The van der Waals surface area contributed by atoms with Gasteiger partial charge >= 0.3 is 5.97 Å². The number of aromatic nitrogens is 1. The Labute approximate surface area is 111 Å². The number of carbonyl (C=O) groups is 2. The molecular weight excluding hydrogens is 248 g/mol. The number of esters is 1. The third-order valence-electron chi connectivity index (χ3n) is 3.04. The van der Waals surface area contributed by atoms with E-state index in [2.05, 4.69) is 10.3 Å². The van der Waals surface area contributed by atoms with Crippen LogP contribution in [0.2, 0.25) is 0 Å². The Morgan fingerprint density at radius 1 is 1.58 bits per heavy atom. The number of aromatic amines is 1. The van der Waals surface area contributed by atoms with Gasteiger partial charge in [-0.3, -0.25) is 4.79 Å². The first kappa shape index (κ1) is 13.6. The van der Waals surface area contributed by atoms with Gasteiger partial charge in [0.1, 0.15) is 11.7 Å². The van der Waals surface area contributed by atoms with Crippen LogP contribution < -0.4 is 5.32 Å². The summed E-state index contributed by atoms with van der Waals surface area (Å²) >= 11 is 0. The molecule has 1 atom stereocenters. The lowest BCUT2D eigenvalue weighted by Gasteiger charge is -2.11. The maximum absolute atomic E-state index is 12.0. The first-order chi connectivity index (χ1) is 9.13. The molecule has 6 heteroatoms. The van der Waals surface area contributed by atoms with Gasteiger partial charge in [0.25, 0.3) is 5.91 Å². The molecule has 0 spiro atoms. The van der Waals surface area contributed by atoms with Gasteiger partial charge in [0, 0.05) is 18.5 Å². The van der Waals surface area contributed by atoms with Gasteiger partial charge in [-0.1, -0.05) is 0 Å². The topological polar surface area (TPSA) is 80.4 Å². The number of hydrogen-bond acceptors (Lipinski definition) is 4. The molecular formula is C13H18N2O4. The fourth-order valence-corrected chi connectivity index (χ4v) is 2.09. The smallest absolute Gasteiger partial charge is 0.342 e. The summed E-state index contributed by atoms with van der Waals surface area (Å²) in [6, 6.07) is 0. The van der Waals surface area contributed by atoms with Crippen molar-refractivity contribution in [1.29, 1.82) is 0 Å². The standard InChI is InChI=1S/C13H18N2O4/c1-3-18-13(17)11-8(2)14-7-9(11)15-12(16)10-5-4-6-19-10/h7,10,14H,3-6H2,1-2H3,(H,15,16). The molecule has 19 heavy (non-hydrogen) atoms. The van der Waals surface area contributed by atoms with E-state index in [9.17, 15) is 9.59 Å². The van der Waals surface area contributed by atoms with Crippen molar-refractivity contribution in [3.05, 3.63) is 17.5 Å². The Bertz CT molecular complexity index is 475. The van der Waals surface area contributed by atoms with Crippen LogP contribution in [0.4, 0.5) is 5.69 Å². The number of rotatable bonds is 4. The first-order valence-electron chi connectivity index (χ1n) is 6.41. The Kier molecular flexibility index (Phi) is 4.21. The van der Waals surface area contributed by atoms with Crippen LogP contribution in [0.3, 0.4) is 0 Å². The molecule has 1 amide bonds. The van der Waals surface area contributed by atoms with Gasteiger partial charge in [0.15, 0.2) is 0 Å². The lowest BCUT2D eigenvalue weighted by molar-refractivity contribution is -0.124. The van der Waals surface area contributed by atoms with Crippen LogP contribution in [0.1, 0.15) is 35.8 Å². The molecule has 1 aromatic heterocycles. The second-order valence-electron chi connectivity index (χ2n) is 4.41. The molecule has 0 bridgehead atoms. The molecule has 0 saturated carbocycles. The van der Waals surface area contributed by atoms with Crippen molar-refractivity contribution in [2.75, 3.05) is 18.5 Å². The molecule has 0 radical (unpaired) electrons. The van der Waals surface area contributed by atoms with Gasteiger partial charge in [0.2, 0.25) is 0 Å². The van der Waals surface area contributed by atoms with Crippen molar-refractivity contribution in [3.8, 4) is 0 Å². The van der Waals surface area contributed by atoms with Crippen molar-refractivity contribution >= 4 is 17.6 Å². The third-order valence-corrected chi connectivity index (χ3v) is 3.04. The highest BCUT2D eigenvalue weighted by atomic mass is 16.5. The van der Waals surface area contributed by atoms with Gasteiger partial charge in [-0.05, 0) is 26.7 Å². The van der Waals surface area contributed by atoms with Crippen LogP contribution in [0, 0.1) is 6.92 Å². The number of nitrogens with one attached hydrogen (secondary N) is 2. The second-order valence-corrected chi connectivity index (χ2v) is 4.41. The summed E-state index contributed by atoms with van der Waals surface area (Å²) in [5.41, 5.74) is 1.48. The Hall–Kier alpha value is -1.82. The van der Waals surface area contributed by atoms with E-state index in [-0.39, 0.29) is 5.91 Å². The summed E-state index contributed by atoms with van der Waals surface area (Å²) in [6.07, 6.45) is 2.76. The summed E-state index contributed by atoms with van der Waals surface area (Å²) in [7, 11) is 0. The monoisotopic (exact) mass is 266 g/mol. The lowest BCUT2D eigenvalue weighted by atomic mass is 10.2. The van der Waals surface area contributed by atoms with Gasteiger partial charge in [-0.2, -0.15) is 0 Å². The van der Waals surface area contributed by atoms with E-state index in [1.807, 2.05) is 0 Å². The minimum atomic E-state index is -0.441. The number of aryl methyl sites for hydroxylation is 1. The summed E-state index contributed by atoms with van der Waals surface area (Å²) in [6.45, 7) is 4.40. The molecule has 1 saturated heterocycles. The third kappa shape index (κ3) is 2.96. The van der Waals surface area contributed by atoms with Crippen LogP contribution >= 0.6 is 0 Å². The van der Waals surface area contributed by atoms with E-state index in [1.54, 1.807) is 20.0 Å². The minimum Gasteiger partial charge on any atom is -0.462 e.